The number of allylic oxidation sites excluding steroid dienone is 1. The highest BCUT2D eigenvalue weighted by atomic mass is 16.5. The second kappa shape index (κ2) is 6.27. The summed E-state index contributed by atoms with van der Waals surface area (Å²) in [6.07, 6.45) is 5.47. The third kappa shape index (κ3) is 4.66. The number of phenols is 1. The largest absolute Gasteiger partial charge is 0.502 e. The molecular formula is C15H21NO3. The Morgan fingerprint density at radius 2 is 1.63 bits per heavy atom. The molecule has 0 fully saturated rings. The van der Waals surface area contributed by atoms with Gasteiger partial charge in [-0.05, 0) is 44.5 Å². The number of aromatic hydroxyl groups is 1. The molecule has 1 rings (SSSR count). The minimum absolute atomic E-state index is 0.00510. The number of hydrogen-bond acceptors (Lipinski definition) is 4. The molecule has 0 atom stereocenters. The van der Waals surface area contributed by atoms with E-state index < -0.39 is 0 Å². The first-order valence-corrected chi connectivity index (χ1v) is 6.04. The quantitative estimate of drug-likeness (QED) is 0.848. The van der Waals surface area contributed by atoms with Crippen molar-refractivity contribution in [2.75, 3.05) is 14.2 Å². The molecule has 0 aliphatic heterocycles. The summed E-state index contributed by atoms with van der Waals surface area (Å²) in [5.74, 6) is 0.768. The predicted molar refractivity (Wildman–Crippen MR) is 78.5 cm³/mol. The molecule has 0 unspecified atom stereocenters. The third-order valence-electron chi connectivity index (χ3n) is 2.34. The highest BCUT2D eigenvalue weighted by molar-refractivity contribution is 5.79. The van der Waals surface area contributed by atoms with Gasteiger partial charge in [0.15, 0.2) is 11.5 Å². The van der Waals surface area contributed by atoms with Crippen LogP contribution in [0.15, 0.2) is 23.2 Å². The molecule has 19 heavy (non-hydrogen) atoms. The number of ether oxygens (including phenoxy) is 2. The molecule has 0 bridgehead atoms. The van der Waals surface area contributed by atoms with E-state index in [9.17, 15) is 5.11 Å². The summed E-state index contributed by atoms with van der Waals surface area (Å²) >= 11 is 0. The van der Waals surface area contributed by atoms with Gasteiger partial charge >= 0.3 is 0 Å². The zero-order valence-corrected chi connectivity index (χ0v) is 12.1. The average molecular weight is 263 g/mol. The first-order valence-electron chi connectivity index (χ1n) is 6.04. The fourth-order valence-corrected chi connectivity index (χ4v) is 1.43. The minimum atomic E-state index is -0.0886. The van der Waals surface area contributed by atoms with E-state index >= 15 is 0 Å². The Kier molecular flexibility index (Phi) is 4.98. The smallest absolute Gasteiger partial charge is 0.200 e. The zero-order chi connectivity index (χ0) is 14.5. The summed E-state index contributed by atoms with van der Waals surface area (Å²) in [6.45, 7) is 6.10. The normalized spacial score (nSPS) is 12.3. The molecule has 0 aromatic heterocycles. The van der Waals surface area contributed by atoms with E-state index in [4.69, 9.17) is 9.47 Å². The topological polar surface area (TPSA) is 51.0 Å². The number of benzene rings is 1. The van der Waals surface area contributed by atoms with Crippen molar-refractivity contribution in [2.24, 2.45) is 4.99 Å². The number of methoxy groups -OCH3 is 2. The van der Waals surface area contributed by atoms with Crippen molar-refractivity contribution in [1.29, 1.82) is 0 Å². The van der Waals surface area contributed by atoms with Gasteiger partial charge in [-0.15, -0.1) is 0 Å². The maximum Gasteiger partial charge on any atom is 0.200 e. The monoisotopic (exact) mass is 263 g/mol. The Hall–Kier alpha value is -1.97. The van der Waals surface area contributed by atoms with Crippen LogP contribution in [0.3, 0.4) is 0 Å². The molecule has 0 saturated carbocycles. The van der Waals surface area contributed by atoms with Crippen LogP contribution in [-0.4, -0.2) is 31.1 Å². The van der Waals surface area contributed by atoms with Crippen LogP contribution in [-0.2, 0) is 0 Å². The Labute approximate surface area is 114 Å². The molecule has 1 aromatic rings. The molecular weight excluding hydrogens is 242 g/mol. The molecule has 0 heterocycles. The number of rotatable bonds is 4. The van der Waals surface area contributed by atoms with Gasteiger partial charge in [0.05, 0.1) is 19.8 Å². The Balaban J connectivity index is 2.96. The van der Waals surface area contributed by atoms with E-state index in [1.807, 2.05) is 32.9 Å². The number of aliphatic imine (C=N–C) groups is 1. The van der Waals surface area contributed by atoms with Crippen molar-refractivity contribution in [3.05, 3.63) is 23.8 Å². The van der Waals surface area contributed by atoms with Crippen molar-refractivity contribution in [2.45, 2.75) is 26.3 Å². The van der Waals surface area contributed by atoms with E-state index in [0.717, 1.165) is 5.56 Å². The van der Waals surface area contributed by atoms with E-state index in [1.165, 1.54) is 14.2 Å². The molecule has 0 radical (unpaired) electrons. The first kappa shape index (κ1) is 15.1. The van der Waals surface area contributed by atoms with E-state index in [0.29, 0.717) is 11.5 Å². The van der Waals surface area contributed by atoms with Crippen LogP contribution < -0.4 is 9.47 Å². The van der Waals surface area contributed by atoms with Crippen molar-refractivity contribution in [3.8, 4) is 17.2 Å². The fraction of sp³-hybridized carbons (Fsp3) is 0.400. The van der Waals surface area contributed by atoms with Crippen LogP contribution in [0.5, 0.6) is 17.2 Å². The molecule has 0 amide bonds. The van der Waals surface area contributed by atoms with Gasteiger partial charge in [0.1, 0.15) is 0 Å². The van der Waals surface area contributed by atoms with Gasteiger partial charge in [0.2, 0.25) is 5.75 Å². The second-order valence-electron chi connectivity index (χ2n) is 5.08. The molecule has 4 heteroatoms. The lowest BCUT2D eigenvalue weighted by Gasteiger charge is -2.10. The third-order valence-corrected chi connectivity index (χ3v) is 2.34. The van der Waals surface area contributed by atoms with Crippen LogP contribution in [0, 0.1) is 0 Å². The van der Waals surface area contributed by atoms with Gasteiger partial charge < -0.3 is 14.6 Å². The molecule has 0 aliphatic rings. The molecule has 0 aliphatic carbocycles. The summed E-state index contributed by atoms with van der Waals surface area (Å²) in [6, 6.07) is 3.47. The highest BCUT2D eigenvalue weighted by Gasteiger charge is 2.09. The summed E-state index contributed by atoms with van der Waals surface area (Å²) in [5.41, 5.74) is 0.779. The van der Waals surface area contributed by atoms with E-state index in [2.05, 4.69) is 4.99 Å². The zero-order valence-electron chi connectivity index (χ0n) is 12.1. The van der Waals surface area contributed by atoms with Crippen LogP contribution in [0.25, 0.3) is 6.08 Å². The maximum atomic E-state index is 9.79. The highest BCUT2D eigenvalue weighted by Crippen LogP contribution is 2.37. The maximum absolute atomic E-state index is 9.79. The lowest BCUT2D eigenvalue weighted by Crippen LogP contribution is -2.08. The van der Waals surface area contributed by atoms with Crippen LogP contribution >= 0.6 is 0 Å². The summed E-state index contributed by atoms with van der Waals surface area (Å²) in [5, 5.41) is 9.79. The fourth-order valence-electron chi connectivity index (χ4n) is 1.43. The number of phenolic OH excluding ortho intramolecular Hbond substituents is 1. The lowest BCUT2D eigenvalue weighted by atomic mass is 10.1. The molecule has 0 saturated heterocycles. The SMILES string of the molecule is COc1cc(/C=C/C=NC(C)(C)C)cc(OC)c1O. The summed E-state index contributed by atoms with van der Waals surface area (Å²) in [4.78, 5) is 4.35. The molecule has 0 spiro atoms. The van der Waals surface area contributed by atoms with Gasteiger partial charge in [0.25, 0.3) is 0 Å². The number of hydrogen-bond donors (Lipinski definition) is 1. The standard InChI is InChI=1S/C15H21NO3/c1-15(2,3)16-8-6-7-11-9-12(18-4)14(17)13(10-11)19-5/h6-10,17H,1-5H3/b7-6+,16-8?. The minimum Gasteiger partial charge on any atom is -0.502 e. The van der Waals surface area contributed by atoms with E-state index in [-0.39, 0.29) is 11.3 Å². The van der Waals surface area contributed by atoms with Gasteiger partial charge in [-0.25, -0.2) is 0 Å². The van der Waals surface area contributed by atoms with Crippen molar-refractivity contribution < 1.29 is 14.6 Å². The van der Waals surface area contributed by atoms with Crippen molar-refractivity contribution in [3.63, 3.8) is 0 Å². The second-order valence-corrected chi connectivity index (χ2v) is 5.08. The Morgan fingerprint density at radius 3 is 2.05 bits per heavy atom. The molecule has 1 N–H and O–H groups in total. The van der Waals surface area contributed by atoms with Crippen LogP contribution in [0.1, 0.15) is 26.3 Å². The summed E-state index contributed by atoms with van der Waals surface area (Å²) < 4.78 is 10.2. The Bertz CT molecular complexity index is 460. The summed E-state index contributed by atoms with van der Waals surface area (Å²) in [7, 11) is 3.01. The molecule has 104 valence electrons. The van der Waals surface area contributed by atoms with E-state index in [1.54, 1.807) is 18.3 Å². The van der Waals surface area contributed by atoms with Crippen molar-refractivity contribution >= 4 is 12.3 Å². The van der Waals surface area contributed by atoms with Gasteiger partial charge in [-0.3, -0.25) is 4.99 Å². The molecule has 1 aromatic carbocycles. The number of nitrogens with zero attached hydrogens (tertiary/aromatic N) is 1. The lowest BCUT2D eigenvalue weighted by molar-refractivity contribution is 0.340. The first-order chi connectivity index (χ1) is 8.87. The van der Waals surface area contributed by atoms with Crippen LogP contribution in [0.4, 0.5) is 0 Å². The predicted octanol–water partition coefficient (Wildman–Crippen LogP) is 3.29. The molecule has 4 nitrogen and oxygen atoms in total. The van der Waals surface area contributed by atoms with Gasteiger partial charge in [-0.2, -0.15) is 0 Å². The van der Waals surface area contributed by atoms with Gasteiger partial charge in [0, 0.05) is 6.21 Å². The van der Waals surface area contributed by atoms with Crippen molar-refractivity contribution in [1.82, 2.24) is 0 Å². The van der Waals surface area contributed by atoms with Crippen LogP contribution in [0.2, 0.25) is 0 Å². The Morgan fingerprint density at radius 1 is 1.11 bits per heavy atom. The van der Waals surface area contributed by atoms with Gasteiger partial charge in [-0.1, -0.05) is 6.08 Å². The average Bonchev–Trinajstić information content (AvgIpc) is 2.35.